The number of hydrogen-bond donors (Lipinski definition) is 0. The van der Waals surface area contributed by atoms with Crippen LogP contribution in [0.2, 0.25) is 0 Å². The fraction of sp³-hybridized carbons (Fsp3) is 0.417. The molecule has 2 aliphatic rings. The first-order valence-electron chi connectivity index (χ1n) is 10.7. The van der Waals surface area contributed by atoms with E-state index in [9.17, 15) is 4.48 Å². The van der Waals surface area contributed by atoms with Crippen molar-refractivity contribution in [2.45, 2.75) is 45.4 Å². The highest BCUT2D eigenvalue weighted by molar-refractivity contribution is 8.14. The van der Waals surface area contributed by atoms with Crippen molar-refractivity contribution in [1.29, 1.82) is 0 Å². The molecule has 3 nitrogen and oxygen atoms in total. The molecule has 0 amide bonds. The fourth-order valence-corrected chi connectivity index (χ4v) is 6.94. The Kier molecular flexibility index (Phi) is 5.54. The summed E-state index contributed by atoms with van der Waals surface area (Å²) >= 11 is 3.34. The van der Waals surface area contributed by atoms with Gasteiger partial charge in [-0.25, -0.2) is 9.98 Å². The first-order valence-corrected chi connectivity index (χ1v) is 12.5. The molecule has 2 heterocycles. The molecule has 1 saturated carbocycles. The maximum atomic E-state index is 14.6. The summed E-state index contributed by atoms with van der Waals surface area (Å²) in [6.07, 6.45) is 7.28. The summed E-state index contributed by atoms with van der Waals surface area (Å²) in [5, 5.41) is 2.48. The molecule has 5 rings (SSSR count). The third kappa shape index (κ3) is 4.26. The van der Waals surface area contributed by atoms with Gasteiger partial charge in [0.2, 0.25) is 5.13 Å². The minimum Gasteiger partial charge on any atom is -0.247 e. The van der Waals surface area contributed by atoms with Gasteiger partial charge in [0.1, 0.15) is 0 Å². The third-order valence-electron chi connectivity index (χ3n) is 6.26. The number of halogens is 1. The zero-order chi connectivity index (χ0) is 20.6. The van der Waals surface area contributed by atoms with E-state index < -0.39 is 0 Å². The van der Waals surface area contributed by atoms with Gasteiger partial charge in [-0.2, -0.15) is 5.12 Å². The van der Waals surface area contributed by atoms with Crippen molar-refractivity contribution in [2.24, 2.45) is 10.4 Å². The van der Waals surface area contributed by atoms with Crippen LogP contribution in [0.15, 0.2) is 47.5 Å². The second-order valence-electron chi connectivity index (χ2n) is 8.65. The van der Waals surface area contributed by atoms with E-state index in [0.29, 0.717) is 23.5 Å². The molecule has 0 N–H and O–H groups in total. The van der Waals surface area contributed by atoms with Gasteiger partial charge in [-0.3, -0.25) is 0 Å². The van der Waals surface area contributed by atoms with Gasteiger partial charge in [0.05, 0.1) is 27.5 Å². The zero-order valence-electron chi connectivity index (χ0n) is 17.2. The first kappa shape index (κ1) is 20.0. The SMILES string of the molecule is Cc1ccc2nc(N(F)CCc3ccc(N=C4CC5(CCCC5)CS4)cc3)sc2c1. The predicted octanol–water partition coefficient (Wildman–Crippen LogP) is 7.27. The summed E-state index contributed by atoms with van der Waals surface area (Å²) in [4.78, 5) is 9.30. The van der Waals surface area contributed by atoms with Crippen LogP contribution in [0.5, 0.6) is 0 Å². The molecule has 3 aromatic rings. The van der Waals surface area contributed by atoms with Crippen LogP contribution in [0.1, 0.15) is 43.2 Å². The van der Waals surface area contributed by atoms with Crippen molar-refractivity contribution < 1.29 is 4.48 Å². The molecule has 0 unspecified atom stereocenters. The standard InChI is InChI=1S/C24H26FN3S2/c1-17-4-9-20-21(14-17)30-23(27-20)28(25)13-10-18-5-7-19(8-6-18)26-22-15-24(16-29-22)11-2-3-12-24/h4-9,14H,2-3,10-13,15-16H2,1H3. The largest absolute Gasteiger partial charge is 0.247 e. The Bertz CT molecular complexity index is 1070. The average Bonchev–Trinajstić information content (AvgIpc) is 3.48. The van der Waals surface area contributed by atoms with Gasteiger partial charge in [-0.15, -0.1) is 11.8 Å². The van der Waals surface area contributed by atoms with Crippen molar-refractivity contribution in [2.75, 3.05) is 17.4 Å². The van der Waals surface area contributed by atoms with Gasteiger partial charge in [-0.05, 0) is 67.0 Å². The molecule has 156 valence electrons. The molecule has 1 saturated heterocycles. The summed E-state index contributed by atoms with van der Waals surface area (Å²) in [5.41, 5.74) is 4.68. The van der Waals surface area contributed by atoms with E-state index in [-0.39, 0.29) is 0 Å². The van der Waals surface area contributed by atoms with Gasteiger partial charge in [-0.1, -0.05) is 46.9 Å². The smallest absolute Gasteiger partial charge is 0.214 e. The minimum absolute atomic E-state index is 0.297. The van der Waals surface area contributed by atoms with E-state index in [1.54, 1.807) is 0 Å². The van der Waals surface area contributed by atoms with Crippen LogP contribution < -0.4 is 5.12 Å². The van der Waals surface area contributed by atoms with Crippen LogP contribution in [-0.4, -0.2) is 22.3 Å². The Labute approximate surface area is 185 Å². The van der Waals surface area contributed by atoms with E-state index in [0.717, 1.165) is 33.0 Å². The summed E-state index contributed by atoms with van der Waals surface area (Å²) in [6, 6.07) is 14.3. The Balaban J connectivity index is 1.19. The highest BCUT2D eigenvalue weighted by atomic mass is 32.2. The summed E-state index contributed by atoms with van der Waals surface area (Å²) < 4.78 is 15.6. The molecule has 30 heavy (non-hydrogen) atoms. The molecule has 0 atom stereocenters. The number of aryl methyl sites for hydroxylation is 1. The topological polar surface area (TPSA) is 28.5 Å². The first-order chi connectivity index (χ1) is 14.6. The highest BCUT2D eigenvalue weighted by Crippen LogP contribution is 2.50. The lowest BCUT2D eigenvalue weighted by Gasteiger charge is -2.19. The number of thioether (sulfide) groups is 1. The second kappa shape index (κ2) is 8.31. The molecule has 2 fully saturated rings. The molecule has 2 aromatic carbocycles. The number of aromatic nitrogens is 1. The maximum Gasteiger partial charge on any atom is 0.214 e. The number of nitrogens with zero attached hydrogens (tertiary/aromatic N) is 3. The summed E-state index contributed by atoms with van der Waals surface area (Å²) in [7, 11) is 0. The molecule has 0 radical (unpaired) electrons. The molecule has 1 aliphatic heterocycles. The van der Waals surface area contributed by atoms with Crippen molar-refractivity contribution in [3.63, 3.8) is 0 Å². The molecular formula is C24H26FN3S2. The molecular weight excluding hydrogens is 413 g/mol. The normalized spacial score (nSPS) is 19.3. The van der Waals surface area contributed by atoms with E-state index in [1.807, 2.05) is 30.8 Å². The van der Waals surface area contributed by atoms with Crippen LogP contribution in [0.4, 0.5) is 15.3 Å². The van der Waals surface area contributed by atoms with E-state index in [1.165, 1.54) is 53.4 Å². The predicted molar refractivity (Wildman–Crippen MR) is 128 cm³/mol. The van der Waals surface area contributed by atoms with E-state index >= 15 is 0 Å². The van der Waals surface area contributed by atoms with Crippen LogP contribution in [0.3, 0.4) is 0 Å². The van der Waals surface area contributed by atoms with Crippen LogP contribution in [0.25, 0.3) is 10.2 Å². The number of aliphatic imine (C=N–C) groups is 1. The number of anilines is 1. The molecule has 6 heteroatoms. The lowest BCUT2D eigenvalue weighted by molar-refractivity contribution is 0.372. The second-order valence-corrected chi connectivity index (χ2v) is 10.7. The zero-order valence-corrected chi connectivity index (χ0v) is 18.9. The number of fused-ring (bicyclic) bond motifs is 1. The van der Waals surface area contributed by atoms with Crippen molar-refractivity contribution in [3.05, 3.63) is 53.6 Å². The number of benzene rings is 2. The molecule has 0 bridgehead atoms. The Hall–Kier alpha value is -1.92. The monoisotopic (exact) mass is 439 g/mol. The van der Waals surface area contributed by atoms with Crippen molar-refractivity contribution in [3.8, 4) is 0 Å². The number of hydrogen-bond acceptors (Lipinski definition) is 5. The minimum atomic E-state index is 0.297. The maximum absolute atomic E-state index is 14.6. The van der Waals surface area contributed by atoms with Gasteiger partial charge in [0, 0.05) is 12.2 Å². The van der Waals surface area contributed by atoms with Crippen LogP contribution in [0, 0.1) is 12.3 Å². The van der Waals surface area contributed by atoms with Gasteiger partial charge < -0.3 is 0 Å². The Morgan fingerprint density at radius 1 is 1.13 bits per heavy atom. The van der Waals surface area contributed by atoms with Crippen LogP contribution in [-0.2, 0) is 6.42 Å². The number of thiazole rings is 1. The lowest BCUT2D eigenvalue weighted by Crippen LogP contribution is -2.15. The molecule has 1 aromatic heterocycles. The number of rotatable bonds is 5. The summed E-state index contributed by atoms with van der Waals surface area (Å²) in [6.45, 7) is 2.34. The Morgan fingerprint density at radius 2 is 1.93 bits per heavy atom. The van der Waals surface area contributed by atoms with E-state index in [4.69, 9.17) is 4.99 Å². The average molecular weight is 440 g/mol. The van der Waals surface area contributed by atoms with Crippen molar-refractivity contribution in [1.82, 2.24) is 4.98 Å². The summed E-state index contributed by atoms with van der Waals surface area (Å²) in [5.74, 6) is 1.24. The highest BCUT2D eigenvalue weighted by Gasteiger charge is 2.40. The molecule has 1 spiro atoms. The quantitative estimate of drug-likeness (QED) is 0.392. The fourth-order valence-electron chi connectivity index (χ4n) is 4.50. The Morgan fingerprint density at radius 3 is 2.73 bits per heavy atom. The van der Waals surface area contributed by atoms with Crippen molar-refractivity contribution >= 4 is 49.2 Å². The lowest BCUT2D eigenvalue weighted by atomic mass is 9.86. The third-order valence-corrected chi connectivity index (χ3v) is 8.61. The van der Waals surface area contributed by atoms with Crippen LogP contribution >= 0.6 is 23.1 Å². The van der Waals surface area contributed by atoms with Gasteiger partial charge in [0.25, 0.3) is 0 Å². The van der Waals surface area contributed by atoms with E-state index in [2.05, 4.69) is 35.3 Å². The molecule has 1 aliphatic carbocycles. The van der Waals surface area contributed by atoms with Gasteiger partial charge >= 0.3 is 0 Å². The van der Waals surface area contributed by atoms with Gasteiger partial charge in [0.15, 0.2) is 0 Å².